The van der Waals surface area contributed by atoms with E-state index in [1.165, 1.54) is 6.07 Å². The second-order valence-electron chi connectivity index (χ2n) is 4.81. The Kier molecular flexibility index (Phi) is 4.42. The second kappa shape index (κ2) is 6.26. The SMILES string of the molecule is Cc1c(Oc2ncccc2OC(C)C)cccc1C(=O)O. The van der Waals surface area contributed by atoms with E-state index in [2.05, 4.69) is 4.98 Å². The first kappa shape index (κ1) is 14.8. The van der Waals surface area contributed by atoms with Crippen molar-refractivity contribution in [2.45, 2.75) is 26.9 Å². The van der Waals surface area contributed by atoms with Crippen LogP contribution >= 0.6 is 0 Å². The Hall–Kier alpha value is -2.56. The first-order valence-electron chi connectivity index (χ1n) is 6.61. The van der Waals surface area contributed by atoms with Crippen LogP contribution in [0.3, 0.4) is 0 Å². The van der Waals surface area contributed by atoms with Crippen molar-refractivity contribution >= 4 is 5.97 Å². The van der Waals surface area contributed by atoms with Crippen molar-refractivity contribution in [3.63, 3.8) is 0 Å². The van der Waals surface area contributed by atoms with E-state index in [4.69, 9.17) is 14.6 Å². The molecule has 21 heavy (non-hydrogen) atoms. The van der Waals surface area contributed by atoms with Gasteiger partial charge in [0, 0.05) is 11.8 Å². The first-order chi connectivity index (χ1) is 9.99. The van der Waals surface area contributed by atoms with Crippen LogP contribution in [0.5, 0.6) is 17.4 Å². The predicted molar refractivity (Wildman–Crippen MR) is 78.2 cm³/mol. The van der Waals surface area contributed by atoms with Crippen molar-refractivity contribution in [1.29, 1.82) is 0 Å². The van der Waals surface area contributed by atoms with Gasteiger partial charge in [0.1, 0.15) is 5.75 Å². The van der Waals surface area contributed by atoms with Gasteiger partial charge in [0.2, 0.25) is 0 Å². The van der Waals surface area contributed by atoms with Gasteiger partial charge in [-0.25, -0.2) is 9.78 Å². The lowest BCUT2D eigenvalue weighted by atomic mass is 10.1. The second-order valence-corrected chi connectivity index (χ2v) is 4.81. The zero-order chi connectivity index (χ0) is 15.4. The number of carboxylic acid groups (broad SMARTS) is 1. The van der Waals surface area contributed by atoms with Crippen molar-refractivity contribution in [3.05, 3.63) is 47.7 Å². The lowest BCUT2D eigenvalue weighted by Crippen LogP contribution is -2.07. The molecule has 2 rings (SSSR count). The lowest BCUT2D eigenvalue weighted by molar-refractivity contribution is 0.0695. The maximum atomic E-state index is 11.1. The summed E-state index contributed by atoms with van der Waals surface area (Å²) in [6, 6.07) is 8.39. The molecule has 0 saturated heterocycles. The number of aromatic carboxylic acids is 1. The van der Waals surface area contributed by atoms with Gasteiger partial charge in [-0.3, -0.25) is 0 Å². The van der Waals surface area contributed by atoms with E-state index in [9.17, 15) is 4.79 Å². The number of pyridine rings is 1. The minimum absolute atomic E-state index is 0.0111. The number of carboxylic acids is 1. The zero-order valence-corrected chi connectivity index (χ0v) is 12.2. The Balaban J connectivity index is 2.35. The maximum absolute atomic E-state index is 11.1. The van der Waals surface area contributed by atoms with Gasteiger partial charge in [-0.2, -0.15) is 0 Å². The number of carbonyl (C=O) groups is 1. The molecule has 110 valence electrons. The van der Waals surface area contributed by atoms with Crippen molar-refractivity contribution in [1.82, 2.24) is 4.98 Å². The molecule has 2 aromatic rings. The molecule has 1 aromatic heterocycles. The number of aromatic nitrogens is 1. The Morgan fingerprint density at radius 2 is 1.90 bits per heavy atom. The predicted octanol–water partition coefficient (Wildman–Crippen LogP) is 3.67. The van der Waals surface area contributed by atoms with E-state index in [0.29, 0.717) is 22.9 Å². The minimum Gasteiger partial charge on any atom is -0.485 e. The number of hydrogen-bond donors (Lipinski definition) is 1. The molecule has 0 unspecified atom stereocenters. The summed E-state index contributed by atoms with van der Waals surface area (Å²) in [5.74, 6) is 0.296. The summed E-state index contributed by atoms with van der Waals surface area (Å²) in [5.41, 5.74) is 0.751. The van der Waals surface area contributed by atoms with Gasteiger partial charge in [0.05, 0.1) is 11.7 Å². The molecule has 1 aromatic carbocycles. The number of rotatable bonds is 5. The molecule has 0 spiro atoms. The molecule has 5 nitrogen and oxygen atoms in total. The van der Waals surface area contributed by atoms with E-state index in [1.807, 2.05) is 13.8 Å². The summed E-state index contributed by atoms with van der Waals surface area (Å²) in [6.45, 7) is 5.52. The molecular formula is C16H17NO4. The van der Waals surface area contributed by atoms with Gasteiger partial charge in [0.15, 0.2) is 5.75 Å². The third kappa shape index (κ3) is 3.51. The molecule has 1 N–H and O–H groups in total. The third-order valence-corrected chi connectivity index (χ3v) is 2.82. The highest BCUT2D eigenvalue weighted by Crippen LogP contribution is 2.32. The van der Waals surface area contributed by atoms with Crippen LogP contribution in [-0.2, 0) is 0 Å². The van der Waals surface area contributed by atoms with Crippen molar-refractivity contribution in [2.24, 2.45) is 0 Å². The van der Waals surface area contributed by atoms with Gasteiger partial charge in [-0.1, -0.05) is 6.07 Å². The smallest absolute Gasteiger partial charge is 0.336 e. The topological polar surface area (TPSA) is 68.7 Å². The van der Waals surface area contributed by atoms with Crippen molar-refractivity contribution < 1.29 is 19.4 Å². The first-order valence-corrected chi connectivity index (χ1v) is 6.61. The van der Waals surface area contributed by atoms with Crippen molar-refractivity contribution in [2.75, 3.05) is 0 Å². The van der Waals surface area contributed by atoms with Crippen LogP contribution in [0, 0.1) is 6.92 Å². The molecule has 0 atom stereocenters. The quantitative estimate of drug-likeness (QED) is 0.908. The highest BCUT2D eigenvalue weighted by Gasteiger charge is 2.14. The van der Waals surface area contributed by atoms with E-state index < -0.39 is 5.97 Å². The van der Waals surface area contributed by atoms with E-state index in [0.717, 1.165) is 0 Å². The number of nitrogens with zero attached hydrogens (tertiary/aromatic N) is 1. The number of hydrogen-bond acceptors (Lipinski definition) is 4. The highest BCUT2D eigenvalue weighted by molar-refractivity contribution is 5.90. The van der Waals surface area contributed by atoms with Crippen LogP contribution in [0.1, 0.15) is 29.8 Å². The Bertz CT molecular complexity index is 652. The summed E-state index contributed by atoms with van der Waals surface area (Å²) >= 11 is 0. The van der Waals surface area contributed by atoms with Crippen LogP contribution in [0.15, 0.2) is 36.5 Å². The largest absolute Gasteiger partial charge is 0.485 e. The van der Waals surface area contributed by atoms with Gasteiger partial charge in [-0.15, -0.1) is 0 Å². The summed E-state index contributed by atoms with van der Waals surface area (Å²) in [7, 11) is 0. The fourth-order valence-electron chi connectivity index (χ4n) is 1.86. The molecule has 1 heterocycles. The molecular weight excluding hydrogens is 270 g/mol. The number of ether oxygens (including phenoxy) is 2. The Morgan fingerprint density at radius 1 is 1.19 bits per heavy atom. The van der Waals surface area contributed by atoms with Crippen molar-refractivity contribution in [3.8, 4) is 17.4 Å². The standard InChI is InChI=1S/C16H17NO4/c1-10(2)20-14-8-5-9-17-15(14)21-13-7-4-6-12(11(13)3)16(18)19/h4-10H,1-3H3,(H,18,19). The Labute approximate surface area is 123 Å². The monoisotopic (exact) mass is 287 g/mol. The summed E-state index contributed by atoms with van der Waals surface area (Å²) in [4.78, 5) is 15.3. The van der Waals surface area contributed by atoms with Gasteiger partial charge in [-0.05, 0) is 45.0 Å². The fourth-order valence-corrected chi connectivity index (χ4v) is 1.86. The molecule has 0 fully saturated rings. The van der Waals surface area contributed by atoms with Crippen LogP contribution in [0.25, 0.3) is 0 Å². The lowest BCUT2D eigenvalue weighted by Gasteiger charge is -2.15. The molecule has 0 aliphatic heterocycles. The Morgan fingerprint density at radius 3 is 2.57 bits per heavy atom. The molecule has 0 aliphatic carbocycles. The third-order valence-electron chi connectivity index (χ3n) is 2.82. The normalized spacial score (nSPS) is 10.5. The van der Waals surface area contributed by atoms with Gasteiger partial charge >= 0.3 is 5.97 Å². The summed E-state index contributed by atoms with van der Waals surface area (Å²) in [5, 5.41) is 9.13. The molecule has 0 saturated carbocycles. The minimum atomic E-state index is -0.988. The zero-order valence-electron chi connectivity index (χ0n) is 12.2. The molecule has 5 heteroatoms. The highest BCUT2D eigenvalue weighted by atomic mass is 16.5. The van der Waals surface area contributed by atoms with E-state index >= 15 is 0 Å². The average molecular weight is 287 g/mol. The molecule has 0 amide bonds. The average Bonchev–Trinajstić information content (AvgIpc) is 2.42. The van der Waals surface area contributed by atoms with Crippen LogP contribution in [0.2, 0.25) is 0 Å². The summed E-state index contributed by atoms with van der Waals surface area (Å²) < 4.78 is 11.4. The summed E-state index contributed by atoms with van der Waals surface area (Å²) in [6.07, 6.45) is 1.59. The maximum Gasteiger partial charge on any atom is 0.336 e. The van der Waals surface area contributed by atoms with E-state index in [-0.39, 0.29) is 11.7 Å². The molecule has 0 radical (unpaired) electrons. The van der Waals surface area contributed by atoms with E-state index in [1.54, 1.807) is 37.4 Å². The molecule has 0 aliphatic rings. The number of benzene rings is 1. The molecule has 0 bridgehead atoms. The van der Waals surface area contributed by atoms with Gasteiger partial charge < -0.3 is 14.6 Å². The fraction of sp³-hybridized carbons (Fsp3) is 0.250. The van der Waals surface area contributed by atoms with Crippen LogP contribution < -0.4 is 9.47 Å². The van der Waals surface area contributed by atoms with Gasteiger partial charge in [0.25, 0.3) is 5.88 Å². The van der Waals surface area contributed by atoms with Crippen LogP contribution in [0.4, 0.5) is 0 Å². The van der Waals surface area contributed by atoms with Crippen LogP contribution in [-0.4, -0.2) is 22.2 Å².